The van der Waals surface area contributed by atoms with Gasteiger partial charge in [-0.15, -0.1) is 0 Å². The Morgan fingerprint density at radius 2 is 1.80 bits per heavy atom. The third-order valence-corrected chi connectivity index (χ3v) is 5.08. The molecule has 0 saturated heterocycles. The first-order chi connectivity index (χ1) is 14.4. The molecule has 1 N–H and O–H groups in total. The number of imidazole rings is 1. The molecular formula is C21H21N7OS. The minimum absolute atomic E-state index is 0.242. The highest BCUT2D eigenvalue weighted by Gasteiger charge is 2.15. The van der Waals surface area contributed by atoms with E-state index in [0.29, 0.717) is 17.3 Å². The Bertz CT molecular complexity index is 1210. The molecule has 0 aliphatic rings. The average Bonchev–Trinajstić information content (AvgIpc) is 3.33. The number of nitrogens with zero attached hydrogens (tertiary/aromatic N) is 6. The lowest BCUT2D eigenvalue weighted by Crippen LogP contribution is -2.17. The molecule has 3 heterocycles. The summed E-state index contributed by atoms with van der Waals surface area (Å²) in [5.74, 6) is 0.696. The zero-order valence-corrected chi connectivity index (χ0v) is 17.9. The fraction of sp³-hybridized carbons (Fsp3) is 0.190. The second-order valence-corrected chi connectivity index (χ2v) is 7.60. The second-order valence-electron chi connectivity index (χ2n) is 6.82. The summed E-state index contributed by atoms with van der Waals surface area (Å²) in [5, 5.41) is 8.24. The third kappa shape index (κ3) is 3.97. The number of anilines is 1. The average molecular weight is 420 g/mol. The number of nitrogens with one attached hydrogen (secondary N) is 1. The molecule has 0 unspecified atom stereocenters. The molecule has 4 aromatic rings. The van der Waals surface area contributed by atoms with Gasteiger partial charge in [0.25, 0.3) is 11.9 Å². The molecule has 0 radical (unpaired) electrons. The van der Waals surface area contributed by atoms with E-state index in [1.165, 1.54) is 0 Å². The maximum Gasteiger partial charge on any atom is 0.256 e. The topological polar surface area (TPSA) is 90.5 Å². The van der Waals surface area contributed by atoms with Crippen LogP contribution in [0.4, 0.5) is 5.82 Å². The molecular weight excluding hydrogens is 398 g/mol. The highest BCUT2D eigenvalue weighted by Crippen LogP contribution is 2.20. The molecule has 0 atom stereocenters. The van der Waals surface area contributed by atoms with Crippen molar-refractivity contribution in [2.45, 2.75) is 25.9 Å². The lowest BCUT2D eigenvalue weighted by Gasteiger charge is -2.10. The van der Waals surface area contributed by atoms with Crippen LogP contribution < -0.4 is 5.32 Å². The zero-order chi connectivity index (χ0) is 21.3. The van der Waals surface area contributed by atoms with Gasteiger partial charge < -0.3 is 5.32 Å². The number of carbonyl (C=O) groups is 1. The zero-order valence-electron chi connectivity index (χ0n) is 17.1. The molecule has 30 heavy (non-hydrogen) atoms. The van der Waals surface area contributed by atoms with Crippen LogP contribution in [-0.4, -0.2) is 41.5 Å². The number of hydrogen-bond acceptors (Lipinski definition) is 6. The molecule has 0 saturated carbocycles. The van der Waals surface area contributed by atoms with Crippen molar-refractivity contribution in [3.8, 4) is 11.6 Å². The number of aryl methyl sites for hydroxylation is 3. The van der Waals surface area contributed by atoms with E-state index in [4.69, 9.17) is 0 Å². The highest BCUT2D eigenvalue weighted by molar-refractivity contribution is 7.98. The first-order valence-corrected chi connectivity index (χ1v) is 10.6. The molecule has 0 aliphatic heterocycles. The maximum atomic E-state index is 13.0. The number of amides is 1. The molecule has 0 fully saturated rings. The van der Waals surface area contributed by atoms with Gasteiger partial charge in [0.15, 0.2) is 5.16 Å². The molecule has 8 nitrogen and oxygen atoms in total. The van der Waals surface area contributed by atoms with Gasteiger partial charge in [0.2, 0.25) is 0 Å². The molecule has 3 aromatic heterocycles. The van der Waals surface area contributed by atoms with Gasteiger partial charge in [-0.05, 0) is 51.3 Å². The van der Waals surface area contributed by atoms with Gasteiger partial charge in [-0.3, -0.25) is 9.36 Å². The Hall–Kier alpha value is -3.46. The van der Waals surface area contributed by atoms with Crippen LogP contribution in [0.1, 0.15) is 27.4 Å². The number of hydrogen-bond donors (Lipinski definition) is 1. The van der Waals surface area contributed by atoms with Gasteiger partial charge in [-0.1, -0.05) is 17.8 Å². The summed E-state index contributed by atoms with van der Waals surface area (Å²) >= 11 is 1.54. The number of thioether (sulfide) groups is 1. The Labute approximate surface area is 178 Å². The van der Waals surface area contributed by atoms with Crippen molar-refractivity contribution < 1.29 is 4.79 Å². The van der Waals surface area contributed by atoms with Crippen molar-refractivity contribution in [2.24, 2.45) is 0 Å². The summed E-state index contributed by atoms with van der Waals surface area (Å²) in [6.07, 6.45) is 5.58. The van der Waals surface area contributed by atoms with E-state index in [-0.39, 0.29) is 5.91 Å². The quantitative estimate of drug-likeness (QED) is 0.496. The second kappa shape index (κ2) is 8.11. The van der Waals surface area contributed by atoms with E-state index in [1.807, 2.05) is 62.1 Å². The summed E-state index contributed by atoms with van der Waals surface area (Å²) in [4.78, 5) is 26.2. The molecule has 1 amide bonds. The first-order valence-electron chi connectivity index (χ1n) is 9.33. The molecule has 9 heteroatoms. The van der Waals surface area contributed by atoms with Crippen LogP contribution in [-0.2, 0) is 0 Å². The summed E-state index contributed by atoms with van der Waals surface area (Å²) in [5.41, 5.74) is 3.82. The Morgan fingerprint density at radius 1 is 1.03 bits per heavy atom. The van der Waals surface area contributed by atoms with Crippen molar-refractivity contribution in [3.63, 3.8) is 0 Å². The summed E-state index contributed by atoms with van der Waals surface area (Å²) < 4.78 is 3.50. The summed E-state index contributed by atoms with van der Waals surface area (Å²) in [7, 11) is 0. The predicted molar refractivity (Wildman–Crippen MR) is 117 cm³/mol. The lowest BCUT2D eigenvalue weighted by molar-refractivity contribution is 0.102. The van der Waals surface area contributed by atoms with E-state index in [9.17, 15) is 4.79 Å². The van der Waals surface area contributed by atoms with Crippen LogP contribution in [0.5, 0.6) is 0 Å². The molecule has 0 aliphatic carbocycles. The van der Waals surface area contributed by atoms with Gasteiger partial charge in [0.05, 0.1) is 5.69 Å². The summed E-state index contributed by atoms with van der Waals surface area (Å²) in [6.45, 7) is 5.66. The van der Waals surface area contributed by atoms with Crippen molar-refractivity contribution in [2.75, 3.05) is 11.6 Å². The van der Waals surface area contributed by atoms with E-state index < -0.39 is 0 Å². The standard InChI is InChI=1S/C21H21N7OS/c1-13-10-14(2)24-20(23-13)28-18(11-15(3)26-28)25-19(29)16-6-5-7-17(12-16)27-9-8-22-21(27)30-4/h5-12H,1-4H3,(H,25,29). The van der Waals surface area contributed by atoms with Crippen molar-refractivity contribution in [1.82, 2.24) is 29.3 Å². The van der Waals surface area contributed by atoms with Gasteiger partial charge >= 0.3 is 0 Å². The van der Waals surface area contributed by atoms with Crippen molar-refractivity contribution in [1.29, 1.82) is 0 Å². The number of carbonyl (C=O) groups excluding carboxylic acids is 1. The van der Waals surface area contributed by atoms with Crippen LogP contribution in [0.15, 0.2) is 53.9 Å². The number of benzene rings is 1. The fourth-order valence-electron chi connectivity index (χ4n) is 3.17. The van der Waals surface area contributed by atoms with E-state index in [2.05, 4.69) is 25.4 Å². The predicted octanol–water partition coefficient (Wildman–Crippen LogP) is 3.75. The van der Waals surface area contributed by atoms with Crippen molar-refractivity contribution >= 4 is 23.5 Å². The van der Waals surface area contributed by atoms with Crippen LogP contribution in [0.2, 0.25) is 0 Å². The van der Waals surface area contributed by atoms with Crippen LogP contribution >= 0.6 is 11.8 Å². The number of aromatic nitrogens is 6. The third-order valence-electron chi connectivity index (χ3n) is 4.41. The van der Waals surface area contributed by atoms with E-state index in [0.717, 1.165) is 27.9 Å². The molecule has 1 aromatic carbocycles. The van der Waals surface area contributed by atoms with Gasteiger partial charge in [-0.2, -0.15) is 9.78 Å². The Kier molecular flexibility index (Phi) is 5.37. The first kappa shape index (κ1) is 19.8. The normalized spacial score (nSPS) is 10.9. The van der Waals surface area contributed by atoms with E-state index >= 15 is 0 Å². The smallest absolute Gasteiger partial charge is 0.256 e. The van der Waals surface area contributed by atoms with Crippen molar-refractivity contribution in [3.05, 3.63) is 71.4 Å². The Balaban J connectivity index is 1.65. The van der Waals surface area contributed by atoms with E-state index in [1.54, 1.807) is 34.8 Å². The molecule has 4 rings (SSSR count). The van der Waals surface area contributed by atoms with Gasteiger partial charge in [-0.25, -0.2) is 15.0 Å². The molecule has 0 spiro atoms. The SMILES string of the molecule is CSc1nccn1-c1cccc(C(=O)Nc2cc(C)nn2-c2nc(C)cc(C)n2)c1. The van der Waals surface area contributed by atoms with Gasteiger partial charge in [0.1, 0.15) is 5.82 Å². The monoisotopic (exact) mass is 419 g/mol. The van der Waals surface area contributed by atoms with Gasteiger partial charge in [0, 0.05) is 41.1 Å². The Morgan fingerprint density at radius 3 is 2.53 bits per heavy atom. The maximum absolute atomic E-state index is 13.0. The molecule has 0 bridgehead atoms. The van der Waals surface area contributed by atoms with Crippen LogP contribution in [0.3, 0.4) is 0 Å². The minimum atomic E-state index is -0.242. The largest absolute Gasteiger partial charge is 0.306 e. The lowest BCUT2D eigenvalue weighted by atomic mass is 10.2. The highest BCUT2D eigenvalue weighted by atomic mass is 32.2. The molecule has 152 valence electrons. The number of rotatable bonds is 5. The fourth-order valence-corrected chi connectivity index (χ4v) is 3.70. The summed E-state index contributed by atoms with van der Waals surface area (Å²) in [6, 6.07) is 11.1. The minimum Gasteiger partial charge on any atom is -0.306 e. The van der Waals surface area contributed by atoms with Crippen LogP contribution in [0.25, 0.3) is 11.6 Å². The van der Waals surface area contributed by atoms with Crippen LogP contribution in [0, 0.1) is 20.8 Å².